The van der Waals surface area contributed by atoms with E-state index in [1.807, 2.05) is 6.08 Å². The molecule has 3 atom stereocenters. The van der Waals surface area contributed by atoms with Crippen LogP contribution in [0, 0.1) is 0 Å². The number of nitrogens with one attached hydrogen (secondary N) is 1. The Morgan fingerprint density at radius 1 is 0.649 bits per heavy atom. The molecule has 0 aliphatic carbocycles. The highest BCUT2D eigenvalue weighted by atomic mass is 16.3. The van der Waals surface area contributed by atoms with Crippen LogP contribution >= 0.6 is 0 Å². The van der Waals surface area contributed by atoms with Gasteiger partial charge in [0, 0.05) is 0 Å². The fourth-order valence-electron chi connectivity index (χ4n) is 4.49. The number of rotatable bonds is 27. The Bertz CT molecular complexity index is 549. The van der Waals surface area contributed by atoms with Crippen molar-refractivity contribution in [3.05, 3.63) is 24.3 Å². The number of aliphatic hydroxyl groups excluding tert-OH is 3. The highest BCUT2D eigenvalue weighted by molar-refractivity contribution is 5.80. The van der Waals surface area contributed by atoms with Crippen LogP contribution < -0.4 is 5.32 Å². The topological polar surface area (TPSA) is 89.8 Å². The molecule has 4 N–H and O–H groups in total. The number of carbonyl (C=O) groups is 1. The van der Waals surface area contributed by atoms with E-state index in [-0.39, 0.29) is 6.61 Å². The summed E-state index contributed by atoms with van der Waals surface area (Å²) < 4.78 is 0. The molecule has 0 bridgehead atoms. The summed E-state index contributed by atoms with van der Waals surface area (Å²) in [6.45, 7) is 4.10. The Labute approximate surface area is 229 Å². The highest BCUT2D eigenvalue weighted by Gasteiger charge is 2.22. The zero-order chi connectivity index (χ0) is 27.4. The molecule has 0 fully saturated rings. The molecule has 5 heteroatoms. The van der Waals surface area contributed by atoms with E-state index in [1.54, 1.807) is 6.08 Å². The molecule has 0 heterocycles. The molecular weight excluding hydrogens is 462 g/mol. The largest absolute Gasteiger partial charge is 0.394 e. The van der Waals surface area contributed by atoms with Crippen LogP contribution in [-0.4, -0.2) is 46.1 Å². The van der Waals surface area contributed by atoms with E-state index in [1.165, 1.54) is 89.9 Å². The quantitative estimate of drug-likeness (QED) is 0.0661. The first kappa shape index (κ1) is 35.8. The summed E-state index contributed by atoms with van der Waals surface area (Å²) in [5, 5.41) is 32.7. The van der Waals surface area contributed by atoms with Crippen molar-refractivity contribution in [2.24, 2.45) is 0 Å². The molecule has 0 aromatic carbocycles. The van der Waals surface area contributed by atoms with Crippen molar-refractivity contribution >= 4 is 5.91 Å². The fraction of sp³-hybridized carbons (Fsp3) is 0.844. The molecule has 5 nitrogen and oxygen atoms in total. The molecule has 0 saturated heterocycles. The number of hydrogen-bond acceptors (Lipinski definition) is 4. The van der Waals surface area contributed by atoms with E-state index in [2.05, 4.69) is 31.3 Å². The minimum absolute atomic E-state index is 0.374. The summed E-state index contributed by atoms with van der Waals surface area (Å²) in [6.07, 6.45) is 30.5. The van der Waals surface area contributed by atoms with Crippen molar-refractivity contribution in [3.8, 4) is 0 Å². The predicted octanol–water partition coefficient (Wildman–Crippen LogP) is 7.53. The Hall–Kier alpha value is -1.17. The van der Waals surface area contributed by atoms with Gasteiger partial charge in [-0.05, 0) is 32.1 Å². The average molecular weight is 524 g/mol. The van der Waals surface area contributed by atoms with Gasteiger partial charge in [0.15, 0.2) is 0 Å². The lowest BCUT2D eigenvalue weighted by molar-refractivity contribution is -0.131. The molecular formula is C32H61NO4. The number of carbonyl (C=O) groups excluding carboxylic acids is 1. The van der Waals surface area contributed by atoms with Gasteiger partial charge in [-0.3, -0.25) is 4.79 Å². The van der Waals surface area contributed by atoms with E-state index in [0.717, 1.165) is 38.5 Å². The number of aliphatic hydroxyl groups is 3. The van der Waals surface area contributed by atoms with Crippen molar-refractivity contribution in [1.82, 2.24) is 5.32 Å². The lowest BCUT2D eigenvalue weighted by Crippen LogP contribution is -2.48. The lowest BCUT2D eigenvalue weighted by atomic mass is 10.0. The number of unbranched alkanes of at least 4 members (excludes halogenated alkanes) is 17. The first-order valence-corrected chi connectivity index (χ1v) is 15.7. The van der Waals surface area contributed by atoms with E-state index in [4.69, 9.17) is 0 Å². The van der Waals surface area contributed by atoms with Crippen LogP contribution in [0.25, 0.3) is 0 Å². The van der Waals surface area contributed by atoms with Crippen molar-refractivity contribution in [1.29, 1.82) is 0 Å². The third-order valence-corrected chi connectivity index (χ3v) is 7.04. The molecule has 218 valence electrons. The maximum Gasteiger partial charge on any atom is 0.249 e. The summed E-state index contributed by atoms with van der Waals surface area (Å²) in [6, 6.07) is -0.806. The van der Waals surface area contributed by atoms with Gasteiger partial charge in [0.25, 0.3) is 0 Å². The molecule has 0 radical (unpaired) electrons. The molecule has 0 aromatic heterocycles. The Morgan fingerprint density at radius 2 is 1.11 bits per heavy atom. The lowest BCUT2D eigenvalue weighted by Gasteiger charge is -2.21. The summed E-state index contributed by atoms with van der Waals surface area (Å²) in [7, 11) is 0. The number of hydrogen-bond donors (Lipinski definition) is 4. The van der Waals surface area contributed by atoms with Crippen molar-refractivity contribution in [3.63, 3.8) is 0 Å². The van der Waals surface area contributed by atoms with Crippen LogP contribution in [0.15, 0.2) is 24.3 Å². The predicted molar refractivity (Wildman–Crippen MR) is 158 cm³/mol. The summed E-state index contributed by atoms with van der Waals surface area (Å²) >= 11 is 0. The zero-order valence-corrected chi connectivity index (χ0v) is 24.3. The van der Waals surface area contributed by atoms with E-state index in [0.29, 0.717) is 6.42 Å². The maximum absolute atomic E-state index is 12.3. The van der Waals surface area contributed by atoms with E-state index in [9.17, 15) is 20.1 Å². The summed E-state index contributed by atoms with van der Waals surface area (Å²) in [5.41, 5.74) is 0. The van der Waals surface area contributed by atoms with Crippen LogP contribution in [0.3, 0.4) is 0 Å². The van der Waals surface area contributed by atoms with E-state index < -0.39 is 24.2 Å². The first-order valence-electron chi connectivity index (χ1n) is 15.7. The van der Waals surface area contributed by atoms with Gasteiger partial charge in [0.1, 0.15) is 6.10 Å². The van der Waals surface area contributed by atoms with Crippen LogP contribution in [0.2, 0.25) is 0 Å². The molecule has 0 aliphatic heterocycles. The van der Waals surface area contributed by atoms with Gasteiger partial charge in [0.2, 0.25) is 5.91 Å². The fourth-order valence-corrected chi connectivity index (χ4v) is 4.49. The SMILES string of the molecule is CCCCCCCCCC/C=C/CC/C=C/C(O)C(CO)NC(=O)C(O)CCCCCCCCCCC. The Balaban J connectivity index is 3.88. The second kappa shape index (κ2) is 27.9. The van der Waals surface area contributed by atoms with Gasteiger partial charge >= 0.3 is 0 Å². The minimum Gasteiger partial charge on any atom is -0.394 e. The third kappa shape index (κ3) is 23.7. The molecule has 0 aliphatic rings. The van der Waals surface area contributed by atoms with Gasteiger partial charge in [-0.25, -0.2) is 0 Å². The number of amides is 1. The van der Waals surface area contributed by atoms with Gasteiger partial charge in [-0.1, -0.05) is 141 Å². The van der Waals surface area contributed by atoms with Crippen molar-refractivity contribution in [2.45, 2.75) is 167 Å². The van der Waals surface area contributed by atoms with Gasteiger partial charge in [0.05, 0.1) is 18.8 Å². The van der Waals surface area contributed by atoms with Gasteiger partial charge in [-0.2, -0.15) is 0 Å². The standard InChI is InChI=1S/C32H61NO4/c1-3-5-7-9-11-13-14-15-16-17-19-20-22-24-26-30(35)29(28-34)33-32(37)31(36)27-25-23-21-18-12-10-8-6-4-2/h17,19,24,26,29-31,34-36H,3-16,18,20-23,25,27-28H2,1-2H3,(H,33,37)/b19-17+,26-24+. The van der Waals surface area contributed by atoms with Gasteiger partial charge in [-0.15, -0.1) is 0 Å². The average Bonchev–Trinajstić information content (AvgIpc) is 2.90. The van der Waals surface area contributed by atoms with Crippen LogP contribution in [0.1, 0.15) is 149 Å². The highest BCUT2D eigenvalue weighted by Crippen LogP contribution is 2.12. The summed E-state index contributed by atoms with van der Waals surface area (Å²) in [4.78, 5) is 12.3. The normalized spacial score (nSPS) is 14.4. The Kier molecular flexibility index (Phi) is 27.0. The van der Waals surface area contributed by atoms with Crippen LogP contribution in [-0.2, 0) is 4.79 Å². The first-order chi connectivity index (χ1) is 18.1. The van der Waals surface area contributed by atoms with Crippen molar-refractivity contribution < 1.29 is 20.1 Å². The molecule has 0 spiro atoms. The van der Waals surface area contributed by atoms with E-state index >= 15 is 0 Å². The smallest absolute Gasteiger partial charge is 0.249 e. The third-order valence-electron chi connectivity index (χ3n) is 7.04. The van der Waals surface area contributed by atoms with Crippen LogP contribution in [0.4, 0.5) is 0 Å². The van der Waals surface area contributed by atoms with Crippen molar-refractivity contribution in [2.75, 3.05) is 6.61 Å². The monoisotopic (exact) mass is 523 g/mol. The zero-order valence-electron chi connectivity index (χ0n) is 24.3. The molecule has 0 aromatic rings. The van der Waals surface area contributed by atoms with Gasteiger partial charge < -0.3 is 20.6 Å². The second-order valence-corrected chi connectivity index (χ2v) is 10.7. The molecule has 37 heavy (non-hydrogen) atoms. The molecule has 3 unspecified atom stereocenters. The van der Waals surface area contributed by atoms with Crippen LogP contribution in [0.5, 0.6) is 0 Å². The second-order valence-electron chi connectivity index (χ2n) is 10.7. The Morgan fingerprint density at radius 3 is 1.65 bits per heavy atom. The minimum atomic E-state index is -1.10. The summed E-state index contributed by atoms with van der Waals surface area (Å²) in [5.74, 6) is -0.519. The molecule has 0 saturated carbocycles. The number of allylic oxidation sites excluding steroid dienone is 3. The molecule has 0 rings (SSSR count). The maximum atomic E-state index is 12.3. The molecule has 1 amide bonds.